The van der Waals surface area contributed by atoms with Gasteiger partial charge in [-0.1, -0.05) is 5.16 Å². The molecule has 3 rings (SSSR count). The molecule has 2 aromatic heterocycles. The van der Waals surface area contributed by atoms with E-state index in [0.29, 0.717) is 17.5 Å². The van der Waals surface area contributed by atoms with Crippen LogP contribution >= 0.6 is 11.3 Å². The molecule has 0 unspecified atom stereocenters. The number of nitrogens with zero attached hydrogens (tertiary/aromatic N) is 2. The lowest BCUT2D eigenvalue weighted by molar-refractivity contribution is -0.124. The third-order valence-electron chi connectivity index (χ3n) is 4.81. The number of hydrogen-bond donors (Lipinski definition) is 4. The fourth-order valence-corrected chi connectivity index (χ4v) is 4.34. The zero-order valence-electron chi connectivity index (χ0n) is 18.6. The molecule has 4 N–H and O–H groups in total. The van der Waals surface area contributed by atoms with Crippen molar-refractivity contribution in [1.29, 1.82) is 0 Å². The van der Waals surface area contributed by atoms with Crippen LogP contribution in [0.5, 0.6) is 5.75 Å². The highest BCUT2D eigenvalue weighted by Crippen LogP contribution is 2.33. The maximum Gasteiger partial charge on any atom is 0.268 e. The lowest BCUT2D eigenvalue weighted by Crippen LogP contribution is -2.36. The molecule has 3 aromatic rings. The van der Waals surface area contributed by atoms with Crippen LogP contribution in [-0.2, 0) is 11.3 Å². The van der Waals surface area contributed by atoms with E-state index < -0.39 is 18.6 Å². The normalized spacial score (nSPS) is 12.1. The number of carbonyl (C=O) groups is 1. The molecule has 0 aliphatic carbocycles. The Labute approximate surface area is 190 Å². The van der Waals surface area contributed by atoms with Crippen LogP contribution in [0.25, 0.3) is 22.2 Å². The molecule has 2 heterocycles. The van der Waals surface area contributed by atoms with Gasteiger partial charge in [-0.25, -0.2) is 0 Å². The summed E-state index contributed by atoms with van der Waals surface area (Å²) in [6, 6.07) is 5.86. The number of aromatic nitrogens is 2. The van der Waals surface area contributed by atoms with Gasteiger partial charge in [0.05, 0.1) is 4.88 Å². The van der Waals surface area contributed by atoms with Crippen molar-refractivity contribution in [3.8, 4) is 27.9 Å². The van der Waals surface area contributed by atoms with Crippen LogP contribution in [0.2, 0.25) is 0 Å². The number of thiophene rings is 1. The summed E-state index contributed by atoms with van der Waals surface area (Å²) in [5, 5.41) is 28.4. The topological polar surface area (TPSA) is 130 Å². The van der Waals surface area contributed by atoms with Gasteiger partial charge in [0.2, 0.25) is 11.7 Å². The van der Waals surface area contributed by atoms with E-state index in [9.17, 15) is 9.90 Å². The number of carbonyl (C=O) groups excluding carboxylic acids is 1. The van der Waals surface area contributed by atoms with Crippen LogP contribution in [-0.4, -0.2) is 59.2 Å². The minimum atomic E-state index is -0.897. The van der Waals surface area contributed by atoms with Gasteiger partial charge in [-0.3, -0.25) is 4.79 Å². The molecule has 9 nitrogen and oxygen atoms in total. The molecule has 1 aromatic carbocycles. The first kappa shape index (κ1) is 23.9. The molecule has 0 aliphatic heterocycles. The monoisotopic (exact) mass is 460 g/mol. The maximum absolute atomic E-state index is 11.1. The van der Waals surface area contributed by atoms with Crippen molar-refractivity contribution >= 4 is 17.2 Å². The van der Waals surface area contributed by atoms with Gasteiger partial charge in [0.15, 0.2) is 0 Å². The molecular weight excluding hydrogens is 432 g/mol. The predicted molar refractivity (Wildman–Crippen MR) is 122 cm³/mol. The van der Waals surface area contributed by atoms with Crippen molar-refractivity contribution in [2.75, 3.05) is 26.8 Å². The fraction of sp³-hybridized carbons (Fsp3) is 0.409. The van der Waals surface area contributed by atoms with Gasteiger partial charge in [-0.05, 0) is 62.7 Å². The Balaban J connectivity index is 1.71. The molecule has 32 heavy (non-hydrogen) atoms. The lowest BCUT2D eigenvalue weighted by atomic mass is 10.1. The van der Waals surface area contributed by atoms with Gasteiger partial charge < -0.3 is 30.1 Å². The van der Waals surface area contributed by atoms with Crippen LogP contribution in [0.15, 0.2) is 22.7 Å². The Morgan fingerprint density at radius 3 is 2.59 bits per heavy atom. The number of hydrogen-bond acceptors (Lipinski definition) is 9. The zero-order valence-corrected chi connectivity index (χ0v) is 19.4. The van der Waals surface area contributed by atoms with Crippen LogP contribution in [0.1, 0.15) is 21.6 Å². The average molecular weight is 461 g/mol. The summed E-state index contributed by atoms with van der Waals surface area (Å²) in [5.41, 5.74) is 3.72. The molecule has 1 amide bonds. The number of amides is 1. The molecule has 1 atom stereocenters. The molecule has 0 aliphatic rings. The summed E-state index contributed by atoms with van der Waals surface area (Å²) < 4.78 is 11.3. The van der Waals surface area contributed by atoms with E-state index in [2.05, 4.69) is 33.8 Å². The van der Waals surface area contributed by atoms with Gasteiger partial charge in [-0.2, -0.15) is 4.98 Å². The SMILES string of the molecule is CNCc1sc(-c2nc(-c3cc(C)c(OC[C@@H](O)CNC(=O)CO)c(C)c3)no2)cc1C. The molecule has 172 valence electrons. The molecule has 10 heteroatoms. The second-order valence-corrected chi connectivity index (χ2v) is 8.67. The smallest absolute Gasteiger partial charge is 0.268 e. The molecule has 0 spiro atoms. The molecule has 0 radical (unpaired) electrons. The third kappa shape index (κ3) is 5.71. The number of rotatable bonds is 10. The highest BCUT2D eigenvalue weighted by molar-refractivity contribution is 7.15. The number of aliphatic hydroxyl groups is 2. The Kier molecular flexibility index (Phi) is 7.97. The number of ether oxygens (including phenoxy) is 1. The van der Waals surface area contributed by atoms with E-state index in [-0.39, 0.29) is 13.2 Å². The van der Waals surface area contributed by atoms with Crippen molar-refractivity contribution in [1.82, 2.24) is 20.8 Å². The number of aryl methyl sites for hydroxylation is 3. The molecule has 0 bridgehead atoms. The summed E-state index contributed by atoms with van der Waals surface area (Å²) in [6.07, 6.45) is -0.897. The number of nitrogens with one attached hydrogen (secondary N) is 2. The van der Waals surface area contributed by atoms with Gasteiger partial charge in [0, 0.05) is 23.5 Å². The van der Waals surface area contributed by atoms with Gasteiger partial charge in [-0.15, -0.1) is 11.3 Å². The standard InChI is InChI=1S/C22H28N4O5S/c1-12-7-17(32-18(12)9-23-4)22-25-21(26-31-22)15-5-13(2)20(14(3)6-15)30-11-16(28)8-24-19(29)10-27/h5-7,16,23,27-28H,8-11H2,1-4H3,(H,24,29)/t16-/m0/s1. The molecule has 0 fully saturated rings. The highest BCUT2D eigenvalue weighted by atomic mass is 32.1. The number of aliphatic hydroxyl groups excluding tert-OH is 2. The predicted octanol–water partition coefficient (Wildman–Crippen LogP) is 1.96. The van der Waals surface area contributed by atoms with E-state index >= 15 is 0 Å². The van der Waals surface area contributed by atoms with Gasteiger partial charge in [0.1, 0.15) is 25.1 Å². The summed E-state index contributed by atoms with van der Waals surface area (Å²) in [5.74, 6) is 1.08. The molecule has 0 saturated carbocycles. The third-order valence-corrected chi connectivity index (χ3v) is 6.04. The second-order valence-electron chi connectivity index (χ2n) is 7.54. The average Bonchev–Trinajstić information content (AvgIpc) is 3.39. The van der Waals surface area contributed by atoms with Crippen LogP contribution in [0.3, 0.4) is 0 Å². The van der Waals surface area contributed by atoms with Gasteiger partial charge in [0.25, 0.3) is 5.89 Å². The van der Waals surface area contributed by atoms with E-state index in [4.69, 9.17) is 14.4 Å². The minimum absolute atomic E-state index is 0.000560. The highest BCUT2D eigenvalue weighted by Gasteiger charge is 2.17. The van der Waals surface area contributed by atoms with Crippen molar-refractivity contribution in [2.45, 2.75) is 33.4 Å². The number of benzene rings is 1. The molecular formula is C22H28N4O5S. The summed E-state index contributed by atoms with van der Waals surface area (Å²) >= 11 is 1.63. The van der Waals surface area contributed by atoms with Crippen molar-refractivity contribution in [3.63, 3.8) is 0 Å². The van der Waals surface area contributed by atoms with E-state index in [1.165, 1.54) is 10.4 Å². The largest absolute Gasteiger partial charge is 0.490 e. The first-order chi connectivity index (χ1) is 15.3. The lowest BCUT2D eigenvalue weighted by Gasteiger charge is -2.16. The van der Waals surface area contributed by atoms with E-state index in [1.807, 2.05) is 33.0 Å². The van der Waals surface area contributed by atoms with Crippen molar-refractivity contribution < 1.29 is 24.3 Å². The first-order valence-electron chi connectivity index (χ1n) is 10.2. The Morgan fingerprint density at radius 1 is 1.22 bits per heavy atom. The Hall–Kier alpha value is -2.79. The Morgan fingerprint density at radius 2 is 1.94 bits per heavy atom. The summed E-state index contributed by atoms with van der Waals surface area (Å²) in [6.45, 7) is 6.05. The van der Waals surface area contributed by atoms with Crippen LogP contribution in [0, 0.1) is 20.8 Å². The van der Waals surface area contributed by atoms with E-state index in [0.717, 1.165) is 28.1 Å². The van der Waals surface area contributed by atoms with Crippen molar-refractivity contribution in [2.24, 2.45) is 0 Å². The maximum atomic E-state index is 11.1. The quantitative estimate of drug-likeness (QED) is 0.361. The van der Waals surface area contributed by atoms with Crippen LogP contribution < -0.4 is 15.4 Å². The zero-order chi connectivity index (χ0) is 23.3. The van der Waals surface area contributed by atoms with E-state index in [1.54, 1.807) is 11.3 Å². The second kappa shape index (κ2) is 10.7. The van der Waals surface area contributed by atoms with Crippen LogP contribution in [0.4, 0.5) is 0 Å². The summed E-state index contributed by atoms with van der Waals surface area (Å²) in [4.78, 5) is 17.8. The molecule has 0 saturated heterocycles. The minimum Gasteiger partial charge on any atom is -0.490 e. The Bertz CT molecular complexity index is 1060. The summed E-state index contributed by atoms with van der Waals surface area (Å²) in [7, 11) is 1.91. The first-order valence-corrected chi connectivity index (χ1v) is 11.0. The van der Waals surface area contributed by atoms with Crippen molar-refractivity contribution in [3.05, 3.63) is 39.8 Å². The fourth-order valence-electron chi connectivity index (χ4n) is 3.24. The van der Waals surface area contributed by atoms with Gasteiger partial charge >= 0.3 is 0 Å².